The lowest BCUT2D eigenvalue weighted by atomic mass is 9.70. The first-order valence-corrected chi connectivity index (χ1v) is 6.54. The Labute approximate surface area is 92.8 Å². The van der Waals surface area contributed by atoms with Gasteiger partial charge in [0.2, 0.25) is 0 Å². The van der Waals surface area contributed by atoms with Gasteiger partial charge in [0.25, 0.3) is 0 Å². The Kier molecular flexibility index (Phi) is 3.68. The van der Waals surface area contributed by atoms with Crippen LogP contribution in [0.15, 0.2) is 0 Å². The maximum Gasteiger partial charge on any atom is 0.0861 e. The van der Waals surface area contributed by atoms with E-state index < -0.39 is 0 Å². The highest BCUT2D eigenvalue weighted by molar-refractivity contribution is 9.25. The van der Waals surface area contributed by atoms with E-state index in [1.54, 1.807) is 0 Å². The van der Waals surface area contributed by atoms with E-state index in [1.165, 1.54) is 38.5 Å². The predicted molar refractivity (Wildman–Crippen MR) is 62.1 cm³/mol. The van der Waals surface area contributed by atoms with Crippen molar-refractivity contribution >= 4 is 31.9 Å². The first kappa shape index (κ1) is 11.0. The summed E-state index contributed by atoms with van der Waals surface area (Å²) in [6.45, 7) is 4.62. The molecule has 0 saturated heterocycles. The van der Waals surface area contributed by atoms with Gasteiger partial charge < -0.3 is 0 Å². The molecule has 0 spiro atoms. The van der Waals surface area contributed by atoms with Gasteiger partial charge in [-0.25, -0.2) is 0 Å². The van der Waals surface area contributed by atoms with Crippen LogP contribution in [-0.4, -0.2) is 3.23 Å². The molecule has 0 bridgehead atoms. The molecule has 0 aromatic rings. The summed E-state index contributed by atoms with van der Waals surface area (Å²) in [5.41, 5.74) is 0.491. The van der Waals surface area contributed by atoms with E-state index in [-0.39, 0.29) is 3.23 Å². The van der Waals surface area contributed by atoms with Crippen molar-refractivity contribution in [2.24, 2.45) is 5.41 Å². The Morgan fingerprint density at radius 2 is 1.50 bits per heavy atom. The molecule has 0 amide bonds. The molecule has 0 unspecified atom stereocenters. The predicted octanol–water partition coefficient (Wildman–Crippen LogP) is 4.85. The molecular formula is C10H18Br2. The summed E-state index contributed by atoms with van der Waals surface area (Å²) in [5, 5.41) is 0. The molecule has 1 rings (SSSR count). The van der Waals surface area contributed by atoms with E-state index in [1.807, 2.05) is 0 Å². The lowest BCUT2D eigenvalue weighted by Gasteiger charge is -2.46. The fourth-order valence-electron chi connectivity index (χ4n) is 2.38. The standard InChI is InChI=1S/C10H18Br2/c1-3-9(4-2)7-5-6-8-10(9,11)12/h3-8H2,1-2H3. The molecule has 0 nitrogen and oxygen atoms in total. The molecule has 1 saturated carbocycles. The molecule has 1 fully saturated rings. The molecule has 1 aliphatic carbocycles. The van der Waals surface area contributed by atoms with Gasteiger partial charge in [-0.15, -0.1) is 0 Å². The highest BCUT2D eigenvalue weighted by atomic mass is 79.9. The first-order valence-electron chi connectivity index (χ1n) is 4.96. The van der Waals surface area contributed by atoms with Crippen LogP contribution < -0.4 is 0 Å². The molecular weight excluding hydrogens is 280 g/mol. The third kappa shape index (κ3) is 1.75. The van der Waals surface area contributed by atoms with Gasteiger partial charge in [-0.05, 0) is 31.1 Å². The minimum Gasteiger partial charge on any atom is -0.0721 e. The van der Waals surface area contributed by atoms with Crippen LogP contribution in [0.2, 0.25) is 0 Å². The molecule has 0 aliphatic heterocycles. The quantitative estimate of drug-likeness (QED) is 0.639. The summed E-state index contributed by atoms with van der Waals surface area (Å²) in [5.74, 6) is 0. The summed E-state index contributed by atoms with van der Waals surface area (Å²) in [6.07, 6.45) is 7.96. The topological polar surface area (TPSA) is 0 Å². The Morgan fingerprint density at radius 3 is 1.83 bits per heavy atom. The summed E-state index contributed by atoms with van der Waals surface area (Å²) >= 11 is 7.71. The summed E-state index contributed by atoms with van der Waals surface area (Å²) < 4.78 is 0.217. The first-order chi connectivity index (χ1) is 5.58. The van der Waals surface area contributed by atoms with Crippen LogP contribution in [0.3, 0.4) is 0 Å². The van der Waals surface area contributed by atoms with Crippen LogP contribution in [0.5, 0.6) is 0 Å². The largest absolute Gasteiger partial charge is 0.0861 e. The molecule has 2 heteroatoms. The van der Waals surface area contributed by atoms with Crippen molar-refractivity contribution in [2.45, 2.75) is 55.6 Å². The van der Waals surface area contributed by atoms with Gasteiger partial charge in [-0.3, -0.25) is 0 Å². The molecule has 0 aromatic heterocycles. The van der Waals surface area contributed by atoms with Crippen LogP contribution >= 0.6 is 31.9 Å². The lowest BCUT2D eigenvalue weighted by Crippen LogP contribution is -2.40. The van der Waals surface area contributed by atoms with Crippen LogP contribution in [-0.2, 0) is 0 Å². The smallest absolute Gasteiger partial charge is 0.0721 e. The molecule has 0 radical (unpaired) electrons. The summed E-state index contributed by atoms with van der Waals surface area (Å²) in [4.78, 5) is 0. The van der Waals surface area contributed by atoms with Crippen molar-refractivity contribution < 1.29 is 0 Å². The number of alkyl halides is 2. The Hall–Kier alpha value is 0.960. The van der Waals surface area contributed by atoms with Gasteiger partial charge in [-0.2, -0.15) is 0 Å². The van der Waals surface area contributed by atoms with Crippen molar-refractivity contribution in [1.29, 1.82) is 0 Å². The highest BCUT2D eigenvalue weighted by Gasteiger charge is 2.46. The summed E-state index contributed by atoms with van der Waals surface area (Å²) in [6, 6.07) is 0. The molecule has 1 aliphatic rings. The monoisotopic (exact) mass is 296 g/mol. The third-order valence-electron chi connectivity index (χ3n) is 3.53. The van der Waals surface area contributed by atoms with Crippen molar-refractivity contribution in [3.8, 4) is 0 Å². The number of rotatable bonds is 2. The SMILES string of the molecule is CCC1(CC)CCCCC1(Br)Br. The number of halogens is 2. The van der Waals surface area contributed by atoms with Gasteiger partial charge in [0.15, 0.2) is 0 Å². The maximum atomic E-state index is 3.85. The number of hydrogen-bond acceptors (Lipinski definition) is 0. The second kappa shape index (κ2) is 4.00. The van der Waals surface area contributed by atoms with E-state index in [2.05, 4.69) is 45.7 Å². The zero-order valence-electron chi connectivity index (χ0n) is 8.00. The average Bonchev–Trinajstić information content (AvgIpc) is 2.05. The van der Waals surface area contributed by atoms with Gasteiger partial charge >= 0.3 is 0 Å². The molecule has 0 N–H and O–H groups in total. The fraction of sp³-hybridized carbons (Fsp3) is 1.00. The second-order valence-electron chi connectivity index (χ2n) is 3.90. The Bertz CT molecular complexity index is 148. The highest BCUT2D eigenvalue weighted by Crippen LogP contribution is 2.57. The zero-order chi connectivity index (χ0) is 9.24. The van der Waals surface area contributed by atoms with Crippen molar-refractivity contribution in [3.05, 3.63) is 0 Å². The molecule has 72 valence electrons. The molecule has 0 atom stereocenters. The van der Waals surface area contributed by atoms with E-state index in [9.17, 15) is 0 Å². The van der Waals surface area contributed by atoms with Crippen LogP contribution in [0.25, 0.3) is 0 Å². The Morgan fingerprint density at radius 1 is 1.00 bits per heavy atom. The fourth-order valence-corrected chi connectivity index (χ4v) is 4.46. The molecule has 0 aromatic carbocycles. The third-order valence-corrected chi connectivity index (χ3v) is 6.00. The Balaban J connectivity index is 2.81. The lowest BCUT2D eigenvalue weighted by molar-refractivity contribution is 0.173. The molecule has 0 heterocycles. The number of hydrogen-bond donors (Lipinski definition) is 0. The average molecular weight is 298 g/mol. The maximum absolute atomic E-state index is 3.85. The van der Waals surface area contributed by atoms with E-state index in [4.69, 9.17) is 0 Å². The van der Waals surface area contributed by atoms with Crippen LogP contribution in [0.4, 0.5) is 0 Å². The van der Waals surface area contributed by atoms with Gasteiger partial charge in [0, 0.05) is 0 Å². The van der Waals surface area contributed by atoms with Gasteiger partial charge in [-0.1, -0.05) is 58.5 Å². The summed E-state index contributed by atoms with van der Waals surface area (Å²) in [7, 11) is 0. The van der Waals surface area contributed by atoms with Crippen LogP contribution in [0.1, 0.15) is 52.4 Å². The van der Waals surface area contributed by atoms with Crippen molar-refractivity contribution in [1.82, 2.24) is 0 Å². The van der Waals surface area contributed by atoms with E-state index in [0.29, 0.717) is 5.41 Å². The van der Waals surface area contributed by atoms with Gasteiger partial charge in [0.1, 0.15) is 0 Å². The zero-order valence-corrected chi connectivity index (χ0v) is 11.2. The minimum atomic E-state index is 0.217. The second-order valence-corrected chi connectivity index (χ2v) is 7.67. The molecule has 12 heavy (non-hydrogen) atoms. The van der Waals surface area contributed by atoms with Crippen molar-refractivity contribution in [3.63, 3.8) is 0 Å². The van der Waals surface area contributed by atoms with Gasteiger partial charge in [0.05, 0.1) is 3.23 Å². The van der Waals surface area contributed by atoms with E-state index in [0.717, 1.165) is 0 Å². The van der Waals surface area contributed by atoms with E-state index >= 15 is 0 Å². The van der Waals surface area contributed by atoms with Crippen molar-refractivity contribution in [2.75, 3.05) is 0 Å². The minimum absolute atomic E-state index is 0.217. The van der Waals surface area contributed by atoms with Crippen LogP contribution in [0, 0.1) is 5.41 Å². The normalized spacial score (nSPS) is 27.0.